The van der Waals surface area contributed by atoms with Crippen molar-refractivity contribution in [2.75, 3.05) is 6.54 Å². The first-order valence-electron chi connectivity index (χ1n) is 9.57. The molecule has 1 unspecified atom stereocenters. The molecule has 5 nitrogen and oxygen atoms in total. The average molecular weight is 340 g/mol. The van der Waals surface area contributed by atoms with E-state index < -0.39 is 6.03 Å². The van der Waals surface area contributed by atoms with E-state index in [1.165, 1.54) is 41.3 Å². The highest BCUT2D eigenvalue weighted by atomic mass is 16.2. The molecule has 0 bridgehead atoms. The molecule has 1 aliphatic heterocycles. The molecule has 3 atom stereocenters. The van der Waals surface area contributed by atoms with Gasteiger partial charge in [0.2, 0.25) is 0 Å². The number of nitrogens with one attached hydrogen (secondary N) is 2. The SMILES string of the molecule is CCCCCn1cc2c3c(cccc31)[C@H]1CC(NC(N)=O)CN[C@@H]1C2. The second-order valence-corrected chi connectivity index (χ2v) is 7.56. The lowest BCUT2D eigenvalue weighted by atomic mass is 9.75. The summed E-state index contributed by atoms with van der Waals surface area (Å²) in [5, 5.41) is 7.97. The Balaban J connectivity index is 1.66. The second-order valence-electron chi connectivity index (χ2n) is 7.56. The van der Waals surface area contributed by atoms with E-state index in [1.54, 1.807) is 0 Å². The van der Waals surface area contributed by atoms with E-state index in [9.17, 15) is 4.79 Å². The Morgan fingerprint density at radius 3 is 3.08 bits per heavy atom. The Kier molecular flexibility index (Phi) is 4.42. The van der Waals surface area contributed by atoms with Crippen LogP contribution in [0.2, 0.25) is 0 Å². The number of aryl methyl sites for hydroxylation is 1. The molecule has 1 saturated heterocycles. The Labute approximate surface area is 149 Å². The number of rotatable bonds is 5. The van der Waals surface area contributed by atoms with E-state index in [2.05, 4.69) is 46.5 Å². The molecule has 0 radical (unpaired) electrons. The van der Waals surface area contributed by atoms with Gasteiger partial charge in [0, 0.05) is 48.2 Å². The monoisotopic (exact) mass is 340 g/mol. The van der Waals surface area contributed by atoms with Gasteiger partial charge in [0.1, 0.15) is 0 Å². The number of amides is 2. The molecule has 0 saturated carbocycles. The van der Waals surface area contributed by atoms with Crippen molar-refractivity contribution in [3.8, 4) is 0 Å². The third-order valence-corrected chi connectivity index (χ3v) is 5.86. The molecular formula is C20H28N4O. The number of carbonyl (C=O) groups excluding carboxylic acids is 1. The fourth-order valence-corrected chi connectivity index (χ4v) is 4.75. The van der Waals surface area contributed by atoms with Crippen LogP contribution in [0, 0.1) is 0 Å². The van der Waals surface area contributed by atoms with Gasteiger partial charge in [-0.15, -0.1) is 0 Å². The molecule has 1 aromatic carbocycles. The standard InChI is InChI=1S/C20H28N4O/c1-2-3-4-8-24-12-13-9-17-16(10-14(11-22-17)23-20(21)25)15-6-5-7-18(24)19(13)15/h5-7,12,14,16-17,22H,2-4,8-11H2,1H3,(H3,21,23,25)/t14?,16-,17-/m1/s1. The summed E-state index contributed by atoms with van der Waals surface area (Å²) < 4.78 is 2.44. The third-order valence-electron chi connectivity index (χ3n) is 5.86. The van der Waals surface area contributed by atoms with Crippen molar-refractivity contribution in [1.82, 2.24) is 15.2 Å². The molecule has 2 aliphatic rings. The van der Waals surface area contributed by atoms with Crippen molar-refractivity contribution in [2.24, 2.45) is 5.73 Å². The van der Waals surface area contributed by atoms with Crippen molar-refractivity contribution in [3.63, 3.8) is 0 Å². The number of unbranched alkanes of at least 4 members (excludes halogenated alkanes) is 2. The molecule has 0 spiro atoms. The predicted octanol–water partition coefficient (Wildman–Crippen LogP) is 2.87. The summed E-state index contributed by atoms with van der Waals surface area (Å²) in [6.07, 6.45) is 8.17. The first kappa shape index (κ1) is 16.5. The number of aromatic nitrogens is 1. The lowest BCUT2D eigenvalue weighted by Crippen LogP contribution is -2.55. The molecule has 2 aromatic rings. The van der Waals surface area contributed by atoms with Crippen molar-refractivity contribution in [1.29, 1.82) is 0 Å². The maximum Gasteiger partial charge on any atom is 0.312 e. The van der Waals surface area contributed by atoms with Crippen LogP contribution in [-0.2, 0) is 13.0 Å². The minimum atomic E-state index is -0.429. The quantitative estimate of drug-likeness (QED) is 0.732. The van der Waals surface area contributed by atoms with Crippen LogP contribution in [0.3, 0.4) is 0 Å². The van der Waals surface area contributed by atoms with Crippen LogP contribution in [0.4, 0.5) is 4.79 Å². The van der Waals surface area contributed by atoms with E-state index in [0.29, 0.717) is 12.0 Å². The number of nitrogens with zero attached hydrogens (tertiary/aromatic N) is 1. The van der Waals surface area contributed by atoms with Gasteiger partial charge in [0.15, 0.2) is 0 Å². The van der Waals surface area contributed by atoms with Gasteiger partial charge in [-0.2, -0.15) is 0 Å². The molecule has 134 valence electrons. The fourth-order valence-electron chi connectivity index (χ4n) is 4.75. The van der Waals surface area contributed by atoms with Crippen LogP contribution in [0.1, 0.15) is 49.7 Å². The summed E-state index contributed by atoms with van der Waals surface area (Å²) in [6, 6.07) is 6.85. The number of benzene rings is 1. The van der Waals surface area contributed by atoms with Crippen LogP contribution in [0.5, 0.6) is 0 Å². The van der Waals surface area contributed by atoms with Crippen molar-refractivity contribution in [3.05, 3.63) is 35.5 Å². The number of primary amides is 1. The number of carbonyl (C=O) groups is 1. The molecule has 4 rings (SSSR count). The number of hydrogen-bond acceptors (Lipinski definition) is 2. The molecule has 5 heteroatoms. The third kappa shape index (κ3) is 3.01. The van der Waals surface area contributed by atoms with Gasteiger partial charge in [-0.25, -0.2) is 4.79 Å². The van der Waals surface area contributed by atoms with Crippen LogP contribution in [0.15, 0.2) is 24.4 Å². The van der Waals surface area contributed by atoms with E-state index in [4.69, 9.17) is 5.73 Å². The van der Waals surface area contributed by atoms with E-state index >= 15 is 0 Å². The maximum absolute atomic E-state index is 11.2. The van der Waals surface area contributed by atoms with Gasteiger partial charge in [0.05, 0.1) is 0 Å². The van der Waals surface area contributed by atoms with Gasteiger partial charge in [-0.05, 0) is 36.5 Å². The first-order valence-corrected chi connectivity index (χ1v) is 9.57. The Morgan fingerprint density at radius 1 is 1.40 bits per heavy atom. The van der Waals surface area contributed by atoms with Crippen molar-refractivity contribution < 1.29 is 4.79 Å². The maximum atomic E-state index is 11.2. The summed E-state index contributed by atoms with van der Waals surface area (Å²) in [4.78, 5) is 11.2. The normalized spacial score (nSPS) is 24.9. The van der Waals surface area contributed by atoms with Gasteiger partial charge in [0.25, 0.3) is 0 Å². The molecule has 2 heterocycles. The molecule has 1 aromatic heterocycles. The molecular weight excluding hydrogens is 312 g/mol. The van der Waals surface area contributed by atoms with Crippen LogP contribution in [-0.4, -0.2) is 29.2 Å². The zero-order valence-corrected chi connectivity index (χ0v) is 14.9. The Bertz CT molecular complexity index is 781. The Hall–Kier alpha value is -2.01. The number of piperidine rings is 1. The van der Waals surface area contributed by atoms with Crippen LogP contribution < -0.4 is 16.4 Å². The van der Waals surface area contributed by atoms with Gasteiger partial charge in [-0.3, -0.25) is 0 Å². The minimum absolute atomic E-state index is 0.113. The zero-order valence-electron chi connectivity index (χ0n) is 14.9. The Morgan fingerprint density at radius 2 is 2.28 bits per heavy atom. The second kappa shape index (κ2) is 6.71. The summed E-state index contributed by atoms with van der Waals surface area (Å²) in [7, 11) is 0. The fraction of sp³-hybridized carbons (Fsp3) is 0.550. The van der Waals surface area contributed by atoms with E-state index in [0.717, 1.165) is 25.9 Å². The number of nitrogens with two attached hydrogens (primary N) is 1. The topological polar surface area (TPSA) is 72.1 Å². The van der Waals surface area contributed by atoms with Gasteiger partial charge >= 0.3 is 6.03 Å². The largest absolute Gasteiger partial charge is 0.352 e. The molecule has 1 aliphatic carbocycles. The minimum Gasteiger partial charge on any atom is -0.352 e. The number of fused-ring (bicyclic) bond motifs is 2. The smallest absolute Gasteiger partial charge is 0.312 e. The van der Waals surface area contributed by atoms with E-state index in [1.807, 2.05) is 0 Å². The summed E-state index contributed by atoms with van der Waals surface area (Å²) in [6.45, 7) is 4.15. The van der Waals surface area contributed by atoms with Crippen molar-refractivity contribution >= 4 is 16.9 Å². The van der Waals surface area contributed by atoms with Gasteiger partial charge < -0.3 is 20.9 Å². The number of urea groups is 1. The van der Waals surface area contributed by atoms with Crippen LogP contribution >= 0.6 is 0 Å². The molecule has 2 amide bonds. The van der Waals surface area contributed by atoms with Gasteiger partial charge in [-0.1, -0.05) is 31.9 Å². The zero-order chi connectivity index (χ0) is 17.4. The molecule has 1 fully saturated rings. The predicted molar refractivity (Wildman–Crippen MR) is 101 cm³/mol. The van der Waals surface area contributed by atoms with E-state index in [-0.39, 0.29) is 6.04 Å². The lowest BCUT2D eigenvalue weighted by Gasteiger charge is -2.40. The highest BCUT2D eigenvalue weighted by Crippen LogP contribution is 2.41. The first-order chi connectivity index (χ1) is 12.2. The summed E-state index contributed by atoms with van der Waals surface area (Å²) in [5.41, 5.74) is 9.59. The summed E-state index contributed by atoms with van der Waals surface area (Å²) in [5.74, 6) is 0.438. The highest BCUT2D eigenvalue weighted by molar-refractivity contribution is 5.89. The van der Waals surface area contributed by atoms with Crippen molar-refractivity contribution in [2.45, 2.75) is 63.6 Å². The molecule has 4 N–H and O–H groups in total. The number of hydrogen-bond donors (Lipinski definition) is 3. The van der Waals surface area contributed by atoms with Crippen LogP contribution in [0.25, 0.3) is 10.9 Å². The summed E-state index contributed by atoms with van der Waals surface area (Å²) >= 11 is 0. The highest BCUT2D eigenvalue weighted by Gasteiger charge is 2.36. The molecule has 25 heavy (non-hydrogen) atoms. The average Bonchev–Trinajstić information content (AvgIpc) is 2.94. The lowest BCUT2D eigenvalue weighted by molar-refractivity contribution is 0.234.